The summed E-state index contributed by atoms with van der Waals surface area (Å²) < 4.78 is 4.97. The van der Waals surface area contributed by atoms with E-state index >= 15 is 0 Å². The van der Waals surface area contributed by atoms with Gasteiger partial charge in [-0.1, -0.05) is 0 Å². The average molecular weight is 193 g/mol. The molecule has 0 radical (unpaired) electrons. The van der Waals surface area contributed by atoms with Crippen molar-refractivity contribution >= 4 is 12.2 Å². The molecule has 0 aliphatic carbocycles. The Hall–Kier alpha value is -1.84. The normalized spacial score (nSPS) is 10.4. The van der Waals surface area contributed by atoms with Crippen molar-refractivity contribution in [3.8, 4) is 5.75 Å². The molecule has 0 atom stereocenters. The van der Waals surface area contributed by atoms with Crippen molar-refractivity contribution < 1.29 is 14.6 Å². The average Bonchev–Trinajstić information content (AvgIpc) is 2.18. The Balaban J connectivity index is 2.59. The molecule has 0 aliphatic heterocycles. The Morgan fingerprint density at radius 2 is 2.14 bits per heavy atom. The summed E-state index contributed by atoms with van der Waals surface area (Å²) >= 11 is 0. The summed E-state index contributed by atoms with van der Waals surface area (Å²) in [7, 11) is 1.59. The second-order valence-electron chi connectivity index (χ2n) is 2.64. The first-order valence-electron chi connectivity index (χ1n) is 4.08. The quantitative estimate of drug-likeness (QED) is 0.731. The molecule has 0 saturated carbocycles. The molecule has 0 unspecified atom stereocenters. The lowest BCUT2D eigenvalue weighted by Crippen LogP contribution is -1.99. The molecule has 4 nitrogen and oxygen atoms in total. The monoisotopic (exact) mass is 193 g/mol. The highest BCUT2D eigenvalue weighted by Crippen LogP contribution is 2.09. The zero-order valence-corrected chi connectivity index (χ0v) is 7.80. The predicted molar refractivity (Wildman–Crippen MR) is 53.1 cm³/mol. The van der Waals surface area contributed by atoms with Gasteiger partial charge >= 0.3 is 5.97 Å². The van der Waals surface area contributed by atoms with Crippen molar-refractivity contribution in [2.24, 2.45) is 4.99 Å². The lowest BCUT2D eigenvalue weighted by atomic mass is 10.2. The Morgan fingerprint density at radius 1 is 1.50 bits per heavy atom. The molecule has 1 N–H and O–H groups in total. The molecule has 4 heteroatoms. The van der Waals surface area contributed by atoms with Crippen LogP contribution in [0.15, 0.2) is 29.3 Å². The van der Waals surface area contributed by atoms with Gasteiger partial charge in [0.1, 0.15) is 12.3 Å². The summed E-state index contributed by atoms with van der Waals surface area (Å²) in [5.41, 5.74) is 0.854. The van der Waals surface area contributed by atoms with Crippen LogP contribution in [0, 0.1) is 0 Å². The van der Waals surface area contributed by atoms with E-state index in [1.165, 1.54) is 6.21 Å². The Labute approximate surface area is 81.9 Å². The van der Waals surface area contributed by atoms with Gasteiger partial charge in [0.25, 0.3) is 0 Å². The van der Waals surface area contributed by atoms with E-state index in [9.17, 15) is 4.79 Å². The fourth-order valence-corrected chi connectivity index (χ4v) is 0.919. The van der Waals surface area contributed by atoms with Gasteiger partial charge in [-0.2, -0.15) is 0 Å². The van der Waals surface area contributed by atoms with E-state index in [0.29, 0.717) is 0 Å². The van der Waals surface area contributed by atoms with E-state index in [1.807, 2.05) is 12.1 Å². The minimum atomic E-state index is -0.935. The van der Waals surface area contributed by atoms with Gasteiger partial charge < -0.3 is 9.84 Å². The maximum absolute atomic E-state index is 10.2. The number of aliphatic carboxylic acids is 1. The Bertz CT molecular complexity index is 330. The molecule has 74 valence electrons. The molecule has 0 saturated heterocycles. The van der Waals surface area contributed by atoms with Gasteiger partial charge in [0.2, 0.25) is 0 Å². The van der Waals surface area contributed by atoms with Gasteiger partial charge in [0, 0.05) is 6.21 Å². The van der Waals surface area contributed by atoms with Crippen LogP contribution in [0.4, 0.5) is 0 Å². The van der Waals surface area contributed by atoms with E-state index in [4.69, 9.17) is 9.84 Å². The summed E-state index contributed by atoms with van der Waals surface area (Å²) in [6, 6.07) is 7.21. The largest absolute Gasteiger partial charge is 0.497 e. The first-order valence-corrected chi connectivity index (χ1v) is 4.08. The van der Waals surface area contributed by atoms with Crippen LogP contribution in [-0.2, 0) is 4.79 Å². The van der Waals surface area contributed by atoms with Crippen LogP contribution >= 0.6 is 0 Å². The smallest absolute Gasteiger partial charge is 0.325 e. The number of methoxy groups -OCH3 is 1. The van der Waals surface area contributed by atoms with Crippen LogP contribution in [0.3, 0.4) is 0 Å². The fourth-order valence-electron chi connectivity index (χ4n) is 0.919. The molecule has 0 bridgehead atoms. The van der Waals surface area contributed by atoms with Gasteiger partial charge in [-0.05, 0) is 29.8 Å². The van der Waals surface area contributed by atoms with Crippen LogP contribution < -0.4 is 4.74 Å². The first-order chi connectivity index (χ1) is 6.72. The SMILES string of the molecule is COc1ccc(/C=N/CC(=O)O)cc1. The number of nitrogens with zero attached hydrogens (tertiary/aromatic N) is 1. The molecule has 14 heavy (non-hydrogen) atoms. The maximum atomic E-state index is 10.2. The number of benzene rings is 1. The summed E-state index contributed by atoms with van der Waals surface area (Å²) in [4.78, 5) is 13.9. The number of carbonyl (C=O) groups is 1. The number of rotatable bonds is 4. The van der Waals surface area contributed by atoms with E-state index < -0.39 is 5.97 Å². The second-order valence-corrected chi connectivity index (χ2v) is 2.64. The van der Waals surface area contributed by atoms with Crippen molar-refractivity contribution in [2.45, 2.75) is 0 Å². The molecule has 0 aromatic heterocycles. The van der Waals surface area contributed by atoms with Gasteiger partial charge in [-0.3, -0.25) is 9.79 Å². The maximum Gasteiger partial charge on any atom is 0.325 e. The minimum absolute atomic E-state index is 0.202. The first kappa shape index (κ1) is 10.2. The van der Waals surface area contributed by atoms with Gasteiger partial charge in [0.05, 0.1) is 7.11 Å². The molecule has 0 spiro atoms. The highest BCUT2D eigenvalue weighted by Gasteiger charge is 1.92. The molecular formula is C10H11NO3. The number of carboxylic acid groups (broad SMARTS) is 1. The van der Waals surface area contributed by atoms with Gasteiger partial charge in [0.15, 0.2) is 0 Å². The van der Waals surface area contributed by atoms with Crippen molar-refractivity contribution in [3.05, 3.63) is 29.8 Å². The highest BCUT2D eigenvalue weighted by atomic mass is 16.5. The minimum Gasteiger partial charge on any atom is -0.497 e. The van der Waals surface area contributed by atoms with E-state index in [-0.39, 0.29) is 6.54 Å². The van der Waals surface area contributed by atoms with Crippen molar-refractivity contribution in [2.75, 3.05) is 13.7 Å². The number of hydrogen-bond donors (Lipinski definition) is 1. The van der Waals surface area contributed by atoms with E-state index in [2.05, 4.69) is 4.99 Å². The lowest BCUT2D eigenvalue weighted by Gasteiger charge is -1.98. The summed E-state index contributed by atoms with van der Waals surface area (Å²) in [5, 5.41) is 8.34. The number of carboxylic acids is 1. The third-order valence-corrected chi connectivity index (χ3v) is 1.58. The van der Waals surface area contributed by atoms with Crippen LogP contribution in [0.5, 0.6) is 5.75 Å². The molecule has 0 fully saturated rings. The zero-order valence-electron chi connectivity index (χ0n) is 7.80. The standard InChI is InChI=1S/C10H11NO3/c1-14-9-4-2-8(3-5-9)6-11-7-10(12)13/h2-6H,7H2,1H3,(H,12,13)/b11-6+. The molecule has 1 aromatic rings. The summed E-state index contributed by atoms with van der Waals surface area (Å²) in [5.74, 6) is -0.171. The molecule has 0 heterocycles. The predicted octanol–water partition coefficient (Wildman–Crippen LogP) is 1.20. The third kappa shape index (κ3) is 3.26. The second kappa shape index (κ2) is 5.01. The fraction of sp³-hybridized carbons (Fsp3) is 0.200. The van der Waals surface area contributed by atoms with Gasteiger partial charge in [-0.25, -0.2) is 0 Å². The lowest BCUT2D eigenvalue weighted by molar-refractivity contribution is -0.135. The number of aliphatic imine (C=N–C) groups is 1. The number of hydrogen-bond acceptors (Lipinski definition) is 3. The highest BCUT2D eigenvalue weighted by molar-refractivity contribution is 5.82. The van der Waals surface area contributed by atoms with Crippen LogP contribution in [-0.4, -0.2) is 30.9 Å². The molecule has 0 amide bonds. The van der Waals surface area contributed by atoms with Crippen molar-refractivity contribution in [1.82, 2.24) is 0 Å². The molecule has 0 aliphatic rings. The third-order valence-electron chi connectivity index (χ3n) is 1.58. The number of ether oxygens (including phenoxy) is 1. The molecule has 1 rings (SSSR count). The van der Waals surface area contributed by atoms with E-state index in [0.717, 1.165) is 11.3 Å². The zero-order chi connectivity index (χ0) is 10.4. The van der Waals surface area contributed by atoms with Crippen LogP contribution in [0.1, 0.15) is 5.56 Å². The van der Waals surface area contributed by atoms with E-state index in [1.54, 1.807) is 19.2 Å². The van der Waals surface area contributed by atoms with Gasteiger partial charge in [-0.15, -0.1) is 0 Å². The van der Waals surface area contributed by atoms with Crippen molar-refractivity contribution in [1.29, 1.82) is 0 Å². The Kier molecular flexibility index (Phi) is 3.67. The van der Waals surface area contributed by atoms with Crippen LogP contribution in [0.25, 0.3) is 0 Å². The summed E-state index contributed by atoms with van der Waals surface area (Å²) in [6.45, 7) is -0.202. The molecule has 1 aromatic carbocycles. The summed E-state index contributed by atoms with van der Waals surface area (Å²) in [6.07, 6.45) is 1.52. The van der Waals surface area contributed by atoms with Crippen LogP contribution in [0.2, 0.25) is 0 Å². The molecular weight excluding hydrogens is 182 g/mol. The Morgan fingerprint density at radius 3 is 2.64 bits per heavy atom. The van der Waals surface area contributed by atoms with Crippen molar-refractivity contribution in [3.63, 3.8) is 0 Å². The topological polar surface area (TPSA) is 58.9 Å².